The number of nitrogens with zero attached hydrogens (tertiary/aromatic N) is 2. The maximum Gasteiger partial charge on any atom is 0.418 e. The fraction of sp³-hybridized carbons (Fsp3) is 0.433. The van der Waals surface area contributed by atoms with E-state index in [4.69, 9.17) is 13.9 Å². The van der Waals surface area contributed by atoms with Crippen molar-refractivity contribution < 1.29 is 49.8 Å². The number of anilines is 1. The largest absolute Gasteiger partial charge is 0.476 e. The molecule has 240 valence electrons. The van der Waals surface area contributed by atoms with Crippen molar-refractivity contribution >= 4 is 17.6 Å². The van der Waals surface area contributed by atoms with Gasteiger partial charge in [-0.2, -0.15) is 26.3 Å². The smallest absolute Gasteiger partial charge is 0.418 e. The van der Waals surface area contributed by atoms with Crippen LogP contribution in [0.2, 0.25) is 0 Å². The molecule has 0 radical (unpaired) electrons. The van der Waals surface area contributed by atoms with Gasteiger partial charge in [0.1, 0.15) is 17.1 Å². The van der Waals surface area contributed by atoms with Crippen molar-refractivity contribution in [3.05, 3.63) is 77.0 Å². The van der Waals surface area contributed by atoms with E-state index in [1.807, 2.05) is 0 Å². The quantitative estimate of drug-likeness (QED) is 0.188. The van der Waals surface area contributed by atoms with Crippen molar-refractivity contribution in [1.82, 2.24) is 9.88 Å². The maximum absolute atomic E-state index is 13.6. The Morgan fingerprint density at radius 1 is 0.909 bits per heavy atom. The molecule has 2 aromatic carbocycles. The molecule has 1 heterocycles. The average molecular weight is 630 g/mol. The van der Waals surface area contributed by atoms with E-state index in [9.17, 15) is 35.9 Å². The number of hydrogen-bond donors (Lipinski definition) is 1. The summed E-state index contributed by atoms with van der Waals surface area (Å²) in [7, 11) is 0. The van der Waals surface area contributed by atoms with E-state index in [0.717, 1.165) is 0 Å². The van der Waals surface area contributed by atoms with E-state index in [1.54, 1.807) is 70.7 Å². The molecule has 1 amide bonds. The summed E-state index contributed by atoms with van der Waals surface area (Å²) >= 11 is 0. The van der Waals surface area contributed by atoms with Gasteiger partial charge in [-0.25, -0.2) is 9.78 Å². The second-order valence-corrected chi connectivity index (χ2v) is 11.6. The van der Waals surface area contributed by atoms with Crippen molar-refractivity contribution in [2.45, 2.75) is 78.2 Å². The van der Waals surface area contributed by atoms with Gasteiger partial charge in [-0.15, -0.1) is 0 Å². The molecule has 3 aromatic rings. The molecule has 0 spiro atoms. The number of aromatic nitrogens is 1. The highest BCUT2D eigenvalue weighted by Gasteiger charge is 2.39. The minimum Gasteiger partial charge on any atom is -0.476 e. The highest BCUT2D eigenvalue weighted by atomic mass is 19.4. The number of alkyl halides is 6. The van der Waals surface area contributed by atoms with Crippen LogP contribution in [0.4, 0.5) is 32.0 Å². The van der Waals surface area contributed by atoms with E-state index in [0.29, 0.717) is 34.9 Å². The number of nitrogens with one attached hydrogen (secondary N) is 1. The standard InChI is InChI=1S/C30H33F6N3O5/c1-18-24(42-17-37-18)15-39(14-19-7-10-21(11-8-19)43-28(5,6)26(41)44-27(2,3)4)16-25(40)38-23-12-9-20(29(31,32)33)13-22(23)30(34,35)36/h7-13,17H,14-16H2,1-6H3,(H,38,40). The highest BCUT2D eigenvalue weighted by molar-refractivity contribution is 5.93. The Bertz CT molecular complexity index is 1460. The van der Waals surface area contributed by atoms with Gasteiger partial charge >= 0.3 is 18.3 Å². The summed E-state index contributed by atoms with van der Waals surface area (Å²) in [6.07, 6.45) is -8.94. The van der Waals surface area contributed by atoms with Crippen molar-refractivity contribution in [2.75, 3.05) is 11.9 Å². The van der Waals surface area contributed by atoms with Gasteiger partial charge in [0.05, 0.1) is 35.6 Å². The van der Waals surface area contributed by atoms with Crippen LogP contribution >= 0.6 is 0 Å². The average Bonchev–Trinajstić information content (AvgIpc) is 3.26. The third-order valence-corrected chi connectivity index (χ3v) is 6.10. The molecule has 0 aliphatic rings. The minimum atomic E-state index is -5.15. The molecule has 1 aromatic heterocycles. The molecule has 0 aliphatic carbocycles. The van der Waals surface area contributed by atoms with Crippen LogP contribution in [0.5, 0.6) is 5.75 Å². The van der Waals surface area contributed by atoms with Crippen LogP contribution in [0.3, 0.4) is 0 Å². The van der Waals surface area contributed by atoms with Crippen molar-refractivity contribution in [2.24, 2.45) is 0 Å². The lowest BCUT2D eigenvalue weighted by molar-refractivity contribution is -0.171. The van der Waals surface area contributed by atoms with E-state index in [1.165, 1.54) is 6.39 Å². The Hall–Kier alpha value is -4.07. The van der Waals surface area contributed by atoms with Crippen molar-refractivity contribution in [3.63, 3.8) is 0 Å². The zero-order valence-electron chi connectivity index (χ0n) is 24.9. The number of benzene rings is 2. The number of hydrogen-bond acceptors (Lipinski definition) is 7. The first-order chi connectivity index (χ1) is 20.1. The molecule has 0 saturated heterocycles. The first-order valence-electron chi connectivity index (χ1n) is 13.3. The zero-order valence-corrected chi connectivity index (χ0v) is 24.9. The Kier molecular flexibility index (Phi) is 10.1. The highest BCUT2D eigenvalue weighted by Crippen LogP contribution is 2.39. The number of carbonyl (C=O) groups is 2. The molecule has 1 N–H and O–H groups in total. The number of aryl methyl sites for hydroxylation is 1. The molecule has 0 bridgehead atoms. The molecular formula is C30H33F6N3O5. The lowest BCUT2D eigenvalue weighted by Gasteiger charge is -2.29. The molecule has 0 aliphatic heterocycles. The number of ether oxygens (including phenoxy) is 2. The molecule has 14 heteroatoms. The van der Waals surface area contributed by atoms with E-state index >= 15 is 0 Å². The number of halogens is 6. The van der Waals surface area contributed by atoms with E-state index in [-0.39, 0.29) is 19.2 Å². The van der Waals surface area contributed by atoms with Crippen LogP contribution < -0.4 is 10.1 Å². The summed E-state index contributed by atoms with van der Waals surface area (Å²) in [4.78, 5) is 31.0. The van der Waals surface area contributed by atoms with Gasteiger partial charge in [-0.1, -0.05) is 12.1 Å². The molecule has 0 unspecified atom stereocenters. The molecule has 0 saturated carbocycles. The number of amides is 1. The van der Waals surface area contributed by atoms with Gasteiger partial charge in [-0.3, -0.25) is 9.69 Å². The number of rotatable bonds is 10. The normalized spacial score (nSPS) is 12.8. The number of esters is 1. The third-order valence-electron chi connectivity index (χ3n) is 6.10. The van der Waals surface area contributed by atoms with Crippen LogP contribution in [0, 0.1) is 6.92 Å². The Balaban J connectivity index is 1.78. The van der Waals surface area contributed by atoms with Gasteiger partial charge in [0.15, 0.2) is 12.0 Å². The summed E-state index contributed by atoms with van der Waals surface area (Å²) in [5, 5.41) is 2.09. The Labute approximate surface area is 250 Å². The van der Waals surface area contributed by atoms with Gasteiger partial charge in [0.25, 0.3) is 0 Å². The third kappa shape index (κ3) is 9.73. The molecule has 0 fully saturated rings. The van der Waals surface area contributed by atoms with Crippen molar-refractivity contribution in [3.8, 4) is 5.75 Å². The fourth-order valence-electron chi connectivity index (χ4n) is 3.96. The second kappa shape index (κ2) is 12.9. The van der Waals surface area contributed by atoms with Gasteiger partial charge in [-0.05, 0) is 77.4 Å². The number of carbonyl (C=O) groups excluding carboxylic acids is 2. The SMILES string of the molecule is Cc1ncoc1CN(CC(=O)Nc1ccc(C(F)(F)F)cc1C(F)(F)F)Cc1ccc(OC(C)(C)C(=O)OC(C)(C)C)cc1. The Morgan fingerprint density at radius 2 is 1.55 bits per heavy atom. The van der Waals surface area contributed by atoms with Crippen LogP contribution in [0.25, 0.3) is 0 Å². The summed E-state index contributed by atoms with van der Waals surface area (Å²) < 4.78 is 96.5. The van der Waals surface area contributed by atoms with E-state index < -0.39 is 58.8 Å². The van der Waals surface area contributed by atoms with Crippen LogP contribution in [-0.4, -0.2) is 39.5 Å². The van der Waals surface area contributed by atoms with E-state index in [2.05, 4.69) is 10.3 Å². The van der Waals surface area contributed by atoms with Gasteiger partial charge in [0.2, 0.25) is 5.91 Å². The Morgan fingerprint density at radius 3 is 2.07 bits per heavy atom. The van der Waals surface area contributed by atoms with Crippen molar-refractivity contribution in [1.29, 1.82) is 0 Å². The van der Waals surface area contributed by atoms with Gasteiger partial charge < -0.3 is 19.2 Å². The lowest BCUT2D eigenvalue weighted by Crippen LogP contribution is -2.43. The first-order valence-corrected chi connectivity index (χ1v) is 13.3. The number of oxazole rings is 1. The predicted molar refractivity (Wildman–Crippen MR) is 147 cm³/mol. The summed E-state index contributed by atoms with van der Waals surface area (Å²) in [5.74, 6) is -0.689. The predicted octanol–water partition coefficient (Wildman–Crippen LogP) is 7.16. The molecule has 44 heavy (non-hydrogen) atoms. The monoisotopic (exact) mass is 629 g/mol. The summed E-state index contributed by atoms with van der Waals surface area (Å²) in [6.45, 7) is 9.73. The van der Waals surface area contributed by atoms with Gasteiger partial charge in [0, 0.05) is 6.54 Å². The lowest BCUT2D eigenvalue weighted by atomic mass is 10.1. The molecule has 3 rings (SSSR count). The first kappa shape index (κ1) is 34.4. The minimum absolute atomic E-state index is 0.0427. The molecule has 0 atom stereocenters. The summed E-state index contributed by atoms with van der Waals surface area (Å²) in [6, 6.07) is 7.57. The zero-order chi connectivity index (χ0) is 33.1. The summed E-state index contributed by atoms with van der Waals surface area (Å²) in [5.41, 5.74) is -4.72. The van der Waals surface area contributed by atoms with Crippen LogP contribution in [-0.2, 0) is 39.8 Å². The second-order valence-electron chi connectivity index (χ2n) is 11.6. The topological polar surface area (TPSA) is 93.9 Å². The van der Waals surface area contributed by atoms with Crippen LogP contribution in [0.1, 0.15) is 62.8 Å². The fourth-order valence-corrected chi connectivity index (χ4v) is 3.96. The molecular weight excluding hydrogens is 596 g/mol. The van der Waals surface area contributed by atoms with Crippen LogP contribution in [0.15, 0.2) is 53.3 Å². The molecule has 8 nitrogen and oxygen atoms in total. The maximum atomic E-state index is 13.6.